The van der Waals surface area contributed by atoms with Gasteiger partial charge in [0.2, 0.25) is 0 Å². The summed E-state index contributed by atoms with van der Waals surface area (Å²) in [4.78, 5) is 0. The molecule has 2 heteroatoms. The Balaban J connectivity index is 2.58. The van der Waals surface area contributed by atoms with E-state index in [4.69, 9.17) is 4.74 Å². The lowest BCUT2D eigenvalue weighted by atomic mass is 9.69. The Bertz CT molecular complexity index is 172. The Kier molecular flexibility index (Phi) is 6.37. The molecular weight excluding hydrogens is 198 g/mol. The summed E-state index contributed by atoms with van der Waals surface area (Å²) in [5, 5.41) is 3.61. The van der Waals surface area contributed by atoms with Gasteiger partial charge in [-0.1, -0.05) is 33.6 Å². The third-order valence-electron chi connectivity index (χ3n) is 4.11. The smallest absolute Gasteiger partial charge is 0.0537 e. The second-order valence-corrected chi connectivity index (χ2v) is 5.21. The minimum atomic E-state index is 0.414. The fraction of sp³-hybridized carbons (Fsp3) is 1.00. The molecule has 0 spiro atoms. The molecule has 0 aromatic carbocycles. The van der Waals surface area contributed by atoms with Gasteiger partial charge in [0, 0.05) is 18.6 Å². The first-order valence-corrected chi connectivity index (χ1v) is 7.07. The lowest BCUT2D eigenvalue weighted by molar-refractivity contribution is -0.0439. The zero-order valence-electron chi connectivity index (χ0n) is 11.3. The minimum Gasteiger partial charge on any atom is -0.381 e. The van der Waals surface area contributed by atoms with Crippen LogP contribution < -0.4 is 5.32 Å². The van der Waals surface area contributed by atoms with E-state index < -0.39 is 0 Å². The summed E-state index contributed by atoms with van der Waals surface area (Å²) in [5.41, 5.74) is 0.414. The maximum absolute atomic E-state index is 5.76. The van der Waals surface area contributed by atoms with Crippen molar-refractivity contribution >= 4 is 0 Å². The number of rotatable bonds is 7. The molecule has 0 bridgehead atoms. The van der Waals surface area contributed by atoms with E-state index in [1.54, 1.807) is 0 Å². The van der Waals surface area contributed by atoms with Crippen LogP contribution in [0.15, 0.2) is 0 Å². The number of nitrogens with one attached hydrogen (secondary N) is 1. The first-order valence-electron chi connectivity index (χ1n) is 7.07. The lowest BCUT2D eigenvalue weighted by Gasteiger charge is -2.43. The molecule has 0 aromatic rings. The highest BCUT2D eigenvalue weighted by molar-refractivity contribution is 4.89. The molecule has 96 valence electrons. The Morgan fingerprint density at radius 3 is 2.50 bits per heavy atom. The Morgan fingerprint density at radius 1 is 1.25 bits per heavy atom. The fourth-order valence-corrected chi connectivity index (χ4v) is 3.15. The van der Waals surface area contributed by atoms with Gasteiger partial charge in [-0.05, 0) is 31.7 Å². The van der Waals surface area contributed by atoms with Crippen LogP contribution in [0.3, 0.4) is 0 Å². The molecule has 1 rings (SSSR count). The quantitative estimate of drug-likeness (QED) is 0.674. The van der Waals surface area contributed by atoms with E-state index >= 15 is 0 Å². The normalized spacial score (nSPS) is 26.2. The first-order chi connectivity index (χ1) is 7.79. The average Bonchev–Trinajstić information content (AvgIpc) is 2.32. The zero-order chi connectivity index (χ0) is 11.9. The molecule has 2 nitrogen and oxygen atoms in total. The zero-order valence-corrected chi connectivity index (χ0v) is 11.3. The number of hydrogen-bond acceptors (Lipinski definition) is 2. The highest BCUT2D eigenvalue weighted by Gasteiger charge is 2.38. The molecule has 0 saturated carbocycles. The summed E-state index contributed by atoms with van der Waals surface area (Å²) in [7, 11) is 0. The summed E-state index contributed by atoms with van der Waals surface area (Å²) in [6, 6.07) is 0. The van der Waals surface area contributed by atoms with Crippen molar-refractivity contribution in [3.8, 4) is 0 Å². The van der Waals surface area contributed by atoms with E-state index in [1.165, 1.54) is 32.1 Å². The average molecular weight is 227 g/mol. The summed E-state index contributed by atoms with van der Waals surface area (Å²) < 4.78 is 5.76. The predicted molar refractivity (Wildman–Crippen MR) is 69.7 cm³/mol. The molecular formula is C14H29NO. The third-order valence-corrected chi connectivity index (χ3v) is 4.11. The maximum Gasteiger partial charge on any atom is 0.0537 e. The molecule has 1 heterocycles. The Labute approximate surface area is 101 Å². The Hall–Kier alpha value is -0.0800. The topological polar surface area (TPSA) is 21.3 Å². The van der Waals surface area contributed by atoms with Gasteiger partial charge >= 0.3 is 0 Å². The second kappa shape index (κ2) is 7.29. The standard InChI is InChI=1S/C14H29NO/c1-4-9-15-11-14(13(5-2)6-3)8-7-10-16-12-14/h13,15H,4-12H2,1-3H3. The van der Waals surface area contributed by atoms with Crippen molar-refractivity contribution < 1.29 is 4.74 Å². The van der Waals surface area contributed by atoms with Gasteiger partial charge in [0.25, 0.3) is 0 Å². The molecule has 1 saturated heterocycles. The second-order valence-electron chi connectivity index (χ2n) is 5.21. The van der Waals surface area contributed by atoms with Crippen LogP contribution in [0.1, 0.15) is 52.9 Å². The van der Waals surface area contributed by atoms with Gasteiger partial charge in [0.1, 0.15) is 0 Å². The van der Waals surface area contributed by atoms with Crippen molar-refractivity contribution in [3.05, 3.63) is 0 Å². The van der Waals surface area contributed by atoms with E-state index in [1.807, 2.05) is 0 Å². The van der Waals surface area contributed by atoms with E-state index in [2.05, 4.69) is 26.1 Å². The predicted octanol–water partition coefficient (Wildman–Crippen LogP) is 3.22. The van der Waals surface area contributed by atoms with Gasteiger partial charge in [-0.3, -0.25) is 0 Å². The molecule has 1 aliphatic heterocycles. The Morgan fingerprint density at radius 2 is 2.00 bits per heavy atom. The fourth-order valence-electron chi connectivity index (χ4n) is 3.15. The van der Waals surface area contributed by atoms with Gasteiger partial charge in [0.15, 0.2) is 0 Å². The van der Waals surface area contributed by atoms with E-state index in [-0.39, 0.29) is 0 Å². The first kappa shape index (κ1) is 14.0. The van der Waals surface area contributed by atoms with Crippen molar-refractivity contribution in [1.29, 1.82) is 0 Å². The van der Waals surface area contributed by atoms with Gasteiger partial charge in [-0.25, -0.2) is 0 Å². The molecule has 1 fully saturated rings. The van der Waals surface area contributed by atoms with Crippen LogP contribution in [-0.2, 0) is 4.74 Å². The van der Waals surface area contributed by atoms with Gasteiger partial charge in [0.05, 0.1) is 6.61 Å². The molecule has 1 unspecified atom stereocenters. The SMILES string of the molecule is CCCNCC1(C(CC)CC)CCCOC1. The van der Waals surface area contributed by atoms with E-state index in [0.717, 1.165) is 32.2 Å². The van der Waals surface area contributed by atoms with Crippen LogP contribution in [0.4, 0.5) is 0 Å². The van der Waals surface area contributed by atoms with Crippen LogP contribution >= 0.6 is 0 Å². The lowest BCUT2D eigenvalue weighted by Crippen LogP contribution is -2.46. The summed E-state index contributed by atoms with van der Waals surface area (Å²) >= 11 is 0. The van der Waals surface area contributed by atoms with Crippen LogP contribution in [0, 0.1) is 11.3 Å². The number of hydrogen-bond donors (Lipinski definition) is 1. The summed E-state index contributed by atoms with van der Waals surface area (Å²) in [5.74, 6) is 0.817. The molecule has 1 atom stereocenters. The molecule has 0 aliphatic carbocycles. The molecule has 16 heavy (non-hydrogen) atoms. The molecule has 1 aliphatic rings. The van der Waals surface area contributed by atoms with Gasteiger partial charge in [-0.15, -0.1) is 0 Å². The van der Waals surface area contributed by atoms with Crippen molar-refractivity contribution in [1.82, 2.24) is 5.32 Å². The van der Waals surface area contributed by atoms with Crippen molar-refractivity contribution in [2.45, 2.75) is 52.9 Å². The van der Waals surface area contributed by atoms with Crippen LogP contribution in [0.2, 0.25) is 0 Å². The minimum absolute atomic E-state index is 0.414. The summed E-state index contributed by atoms with van der Waals surface area (Å²) in [6.45, 7) is 11.1. The molecule has 1 N–H and O–H groups in total. The third kappa shape index (κ3) is 3.46. The van der Waals surface area contributed by atoms with E-state index in [9.17, 15) is 0 Å². The molecule has 0 radical (unpaired) electrons. The highest BCUT2D eigenvalue weighted by atomic mass is 16.5. The number of ether oxygens (including phenoxy) is 1. The monoisotopic (exact) mass is 227 g/mol. The maximum atomic E-state index is 5.76. The molecule has 0 aromatic heterocycles. The van der Waals surface area contributed by atoms with Crippen molar-refractivity contribution in [2.75, 3.05) is 26.3 Å². The van der Waals surface area contributed by atoms with Crippen LogP contribution in [-0.4, -0.2) is 26.3 Å². The molecule has 0 amide bonds. The van der Waals surface area contributed by atoms with Gasteiger partial charge in [-0.2, -0.15) is 0 Å². The van der Waals surface area contributed by atoms with Crippen LogP contribution in [0.5, 0.6) is 0 Å². The summed E-state index contributed by atoms with van der Waals surface area (Å²) in [6.07, 6.45) is 6.38. The van der Waals surface area contributed by atoms with Crippen molar-refractivity contribution in [2.24, 2.45) is 11.3 Å². The largest absolute Gasteiger partial charge is 0.381 e. The van der Waals surface area contributed by atoms with Crippen molar-refractivity contribution in [3.63, 3.8) is 0 Å². The highest BCUT2D eigenvalue weighted by Crippen LogP contribution is 2.39. The van der Waals surface area contributed by atoms with Crippen LogP contribution in [0.25, 0.3) is 0 Å². The van der Waals surface area contributed by atoms with Gasteiger partial charge < -0.3 is 10.1 Å². The van der Waals surface area contributed by atoms with E-state index in [0.29, 0.717) is 5.41 Å².